The van der Waals surface area contributed by atoms with E-state index in [1.165, 1.54) is 6.07 Å². The van der Waals surface area contributed by atoms with Crippen molar-refractivity contribution >= 4 is 17.3 Å². The number of hydrogen-bond acceptors (Lipinski definition) is 5. The number of benzene rings is 1. The Morgan fingerprint density at radius 2 is 2.16 bits per heavy atom. The van der Waals surface area contributed by atoms with Gasteiger partial charge in [0.05, 0.1) is 4.92 Å². The summed E-state index contributed by atoms with van der Waals surface area (Å²) in [6.45, 7) is 1.01. The average molecular weight is 287 g/mol. The highest BCUT2D eigenvalue weighted by Gasteiger charge is 2.41. The lowest BCUT2D eigenvalue weighted by Crippen LogP contribution is -2.26. The van der Waals surface area contributed by atoms with Gasteiger partial charge < -0.3 is 15.5 Å². The van der Waals surface area contributed by atoms with Crippen LogP contribution in [-0.4, -0.2) is 28.3 Å². The smallest absolute Gasteiger partial charge is 0.312 e. The summed E-state index contributed by atoms with van der Waals surface area (Å²) in [4.78, 5) is 10.1. The number of aliphatic hydroxyl groups excluding tert-OH is 1. The molecule has 0 spiro atoms. The van der Waals surface area contributed by atoms with Crippen molar-refractivity contribution in [1.82, 2.24) is 5.32 Å². The third-order valence-corrected chi connectivity index (χ3v) is 3.66. The van der Waals surface area contributed by atoms with E-state index in [1.54, 1.807) is 0 Å². The van der Waals surface area contributed by atoms with E-state index >= 15 is 0 Å². The van der Waals surface area contributed by atoms with E-state index in [1.807, 2.05) is 0 Å². The molecular formula is C12H15ClN2O4. The van der Waals surface area contributed by atoms with Crippen molar-refractivity contribution in [2.45, 2.75) is 19.4 Å². The minimum absolute atomic E-state index is 0.0554. The first-order valence-corrected chi connectivity index (χ1v) is 6.33. The first-order chi connectivity index (χ1) is 8.97. The molecule has 0 radical (unpaired) electrons. The second-order valence-electron chi connectivity index (χ2n) is 4.95. The highest BCUT2D eigenvalue weighted by molar-refractivity contribution is 6.31. The molecule has 3 N–H and O–H groups in total. The zero-order chi connectivity index (χ0) is 14.0. The van der Waals surface area contributed by atoms with Gasteiger partial charge in [-0.25, -0.2) is 0 Å². The summed E-state index contributed by atoms with van der Waals surface area (Å²) in [6.07, 6.45) is 1.94. The third kappa shape index (κ3) is 3.15. The third-order valence-electron chi connectivity index (χ3n) is 3.44. The van der Waals surface area contributed by atoms with Crippen molar-refractivity contribution in [3.63, 3.8) is 0 Å². The lowest BCUT2D eigenvalue weighted by molar-refractivity contribution is -0.385. The maximum Gasteiger partial charge on any atom is 0.312 e. The van der Waals surface area contributed by atoms with E-state index in [-0.39, 0.29) is 29.3 Å². The molecule has 0 saturated heterocycles. The Morgan fingerprint density at radius 1 is 1.47 bits per heavy atom. The number of nitrogens with zero attached hydrogens (tertiary/aromatic N) is 1. The topological polar surface area (TPSA) is 95.6 Å². The molecule has 7 heteroatoms. The molecule has 2 rings (SSSR count). The number of halogens is 1. The summed E-state index contributed by atoms with van der Waals surface area (Å²) in [7, 11) is 0. The van der Waals surface area contributed by atoms with Crippen LogP contribution in [-0.2, 0) is 6.54 Å². The molecule has 1 fully saturated rings. The van der Waals surface area contributed by atoms with Gasteiger partial charge in [0.15, 0.2) is 5.75 Å². The standard InChI is InChI=1S/C12H15ClN2O4/c13-9-3-8(11(17)10(4-9)15(18)19)5-14-6-12(7-16)1-2-12/h3-4,14,16-17H,1-2,5-7H2. The normalized spacial score (nSPS) is 16.3. The predicted octanol–water partition coefficient (Wildman–Crippen LogP) is 1.82. The summed E-state index contributed by atoms with van der Waals surface area (Å²) in [6, 6.07) is 2.62. The molecule has 0 amide bonds. The van der Waals surface area contributed by atoms with Gasteiger partial charge in [-0.05, 0) is 18.9 Å². The minimum Gasteiger partial charge on any atom is -0.502 e. The highest BCUT2D eigenvalue weighted by atomic mass is 35.5. The fourth-order valence-electron chi connectivity index (χ4n) is 1.94. The zero-order valence-electron chi connectivity index (χ0n) is 10.2. The molecule has 104 valence electrons. The Bertz CT molecular complexity index is 503. The number of aliphatic hydroxyl groups is 1. The van der Waals surface area contributed by atoms with Crippen LogP contribution in [0.25, 0.3) is 0 Å². The molecule has 1 aliphatic rings. The van der Waals surface area contributed by atoms with Gasteiger partial charge in [0.25, 0.3) is 0 Å². The van der Waals surface area contributed by atoms with Crippen LogP contribution in [0.2, 0.25) is 5.02 Å². The van der Waals surface area contributed by atoms with Gasteiger partial charge >= 0.3 is 5.69 Å². The van der Waals surface area contributed by atoms with Gasteiger partial charge in [0.1, 0.15) is 0 Å². The second kappa shape index (κ2) is 5.32. The minimum atomic E-state index is -0.666. The number of rotatable bonds is 6. The van der Waals surface area contributed by atoms with E-state index in [4.69, 9.17) is 16.7 Å². The van der Waals surface area contributed by atoms with E-state index < -0.39 is 10.6 Å². The van der Waals surface area contributed by atoms with Gasteiger partial charge in [0.2, 0.25) is 0 Å². The zero-order valence-corrected chi connectivity index (χ0v) is 11.0. The molecule has 0 aliphatic heterocycles. The van der Waals surface area contributed by atoms with Gasteiger partial charge in [0, 0.05) is 41.8 Å². The molecule has 1 saturated carbocycles. The SMILES string of the molecule is O=[N+]([O-])c1cc(Cl)cc(CNCC2(CO)CC2)c1O. The summed E-state index contributed by atoms with van der Waals surface area (Å²) in [5.41, 5.74) is -0.0688. The van der Waals surface area contributed by atoms with Gasteiger partial charge in [-0.3, -0.25) is 10.1 Å². The molecule has 0 unspecified atom stereocenters. The molecule has 0 aromatic heterocycles. The van der Waals surface area contributed by atoms with E-state index in [2.05, 4.69) is 5.32 Å². The van der Waals surface area contributed by atoms with E-state index in [9.17, 15) is 15.2 Å². The predicted molar refractivity (Wildman–Crippen MR) is 70.2 cm³/mol. The van der Waals surface area contributed by atoms with Gasteiger partial charge in [-0.15, -0.1) is 0 Å². The fourth-order valence-corrected chi connectivity index (χ4v) is 2.18. The Morgan fingerprint density at radius 3 is 2.68 bits per heavy atom. The van der Waals surface area contributed by atoms with Crippen molar-refractivity contribution in [3.05, 3.63) is 32.8 Å². The van der Waals surface area contributed by atoms with Crippen molar-refractivity contribution < 1.29 is 15.1 Å². The molecule has 0 heterocycles. The van der Waals surface area contributed by atoms with Gasteiger partial charge in [-0.1, -0.05) is 11.6 Å². The van der Waals surface area contributed by atoms with Crippen molar-refractivity contribution in [2.75, 3.05) is 13.2 Å². The monoisotopic (exact) mass is 286 g/mol. The maximum atomic E-state index is 10.7. The number of aromatic hydroxyl groups is 1. The summed E-state index contributed by atoms with van der Waals surface area (Å²) in [5.74, 6) is -0.365. The molecule has 19 heavy (non-hydrogen) atoms. The average Bonchev–Trinajstić information content (AvgIpc) is 3.13. The number of nitrogens with one attached hydrogen (secondary N) is 1. The Balaban J connectivity index is 2.05. The summed E-state index contributed by atoms with van der Waals surface area (Å²) >= 11 is 5.79. The number of hydrogen-bond donors (Lipinski definition) is 3. The molecule has 1 aromatic rings. The summed E-state index contributed by atoms with van der Waals surface area (Å²) < 4.78 is 0. The fraction of sp³-hybridized carbons (Fsp3) is 0.500. The van der Waals surface area contributed by atoms with Crippen LogP contribution in [0.5, 0.6) is 5.75 Å². The first-order valence-electron chi connectivity index (χ1n) is 5.95. The lowest BCUT2D eigenvalue weighted by atomic mass is 10.1. The molecule has 1 aromatic carbocycles. The van der Waals surface area contributed by atoms with Crippen LogP contribution in [0.15, 0.2) is 12.1 Å². The van der Waals surface area contributed by atoms with Crippen LogP contribution in [0, 0.1) is 15.5 Å². The molecule has 1 aliphatic carbocycles. The number of phenolic OH excluding ortho intramolecular Hbond substituents is 1. The van der Waals surface area contributed by atoms with Gasteiger partial charge in [-0.2, -0.15) is 0 Å². The molecular weight excluding hydrogens is 272 g/mol. The summed E-state index contributed by atoms with van der Waals surface area (Å²) in [5, 5.41) is 33.0. The van der Waals surface area contributed by atoms with Crippen LogP contribution < -0.4 is 5.32 Å². The van der Waals surface area contributed by atoms with Crippen LogP contribution in [0.4, 0.5) is 5.69 Å². The Kier molecular flexibility index (Phi) is 3.93. The first kappa shape index (κ1) is 14.0. The van der Waals surface area contributed by atoms with Crippen molar-refractivity contribution in [2.24, 2.45) is 5.41 Å². The molecule has 0 bridgehead atoms. The van der Waals surface area contributed by atoms with Crippen LogP contribution >= 0.6 is 11.6 Å². The number of phenols is 1. The second-order valence-corrected chi connectivity index (χ2v) is 5.39. The quantitative estimate of drug-likeness (QED) is 0.547. The largest absolute Gasteiger partial charge is 0.502 e. The molecule has 6 nitrogen and oxygen atoms in total. The number of nitro benzene ring substituents is 1. The van der Waals surface area contributed by atoms with E-state index in [0.717, 1.165) is 18.9 Å². The van der Waals surface area contributed by atoms with Crippen molar-refractivity contribution in [1.29, 1.82) is 0 Å². The Labute approximate surface area is 115 Å². The number of nitro groups is 1. The lowest BCUT2D eigenvalue weighted by Gasteiger charge is -2.13. The van der Waals surface area contributed by atoms with E-state index in [0.29, 0.717) is 12.1 Å². The highest BCUT2D eigenvalue weighted by Crippen LogP contribution is 2.44. The molecule has 0 atom stereocenters. The maximum absolute atomic E-state index is 10.7. The van der Waals surface area contributed by atoms with Crippen LogP contribution in [0.3, 0.4) is 0 Å². The Hall–Kier alpha value is -1.37. The van der Waals surface area contributed by atoms with Crippen LogP contribution in [0.1, 0.15) is 18.4 Å². The van der Waals surface area contributed by atoms with Crippen molar-refractivity contribution in [3.8, 4) is 5.75 Å².